The van der Waals surface area contributed by atoms with Crippen molar-refractivity contribution in [1.82, 2.24) is 15.2 Å². The molecule has 2 aromatic rings. The topological polar surface area (TPSA) is 111 Å². The summed E-state index contributed by atoms with van der Waals surface area (Å²) in [4.78, 5) is 15.4. The lowest BCUT2D eigenvalue weighted by molar-refractivity contribution is 0.275. The zero-order chi connectivity index (χ0) is 20.7. The normalized spacial score (nSPS) is 11.5. The highest BCUT2D eigenvalue weighted by molar-refractivity contribution is 5.83. The first-order valence-corrected chi connectivity index (χ1v) is 8.95. The van der Waals surface area contributed by atoms with Gasteiger partial charge in [0.1, 0.15) is 5.69 Å². The van der Waals surface area contributed by atoms with Gasteiger partial charge in [0.15, 0.2) is 17.3 Å². The second-order valence-corrected chi connectivity index (χ2v) is 7.06. The Balaban J connectivity index is 2.30. The van der Waals surface area contributed by atoms with E-state index in [-0.39, 0.29) is 5.41 Å². The Morgan fingerprint density at radius 1 is 1.21 bits per heavy atom. The monoisotopic (exact) mass is 389 g/mol. The second-order valence-electron chi connectivity index (χ2n) is 7.06. The van der Waals surface area contributed by atoms with Crippen molar-refractivity contribution in [2.45, 2.75) is 39.5 Å². The maximum absolute atomic E-state index is 11.5. The molecule has 0 fully saturated rings. The molecule has 0 bridgehead atoms. The average molecular weight is 389 g/mol. The minimum absolute atomic E-state index is 0.300. The van der Waals surface area contributed by atoms with Crippen LogP contribution in [0.5, 0.6) is 17.2 Å². The predicted octanol–water partition coefficient (Wildman–Crippen LogP) is 2.71. The number of nitrogens with zero attached hydrogens (tertiary/aromatic N) is 3. The molecule has 0 spiro atoms. The number of benzene rings is 1. The van der Waals surface area contributed by atoms with Crippen molar-refractivity contribution in [3.8, 4) is 17.2 Å². The molecular weight excluding hydrogens is 362 g/mol. The van der Waals surface area contributed by atoms with E-state index in [0.29, 0.717) is 35.4 Å². The third-order valence-electron chi connectivity index (χ3n) is 3.73. The number of methoxy groups -OCH3 is 2. The number of H-pyrrole nitrogens is 1. The summed E-state index contributed by atoms with van der Waals surface area (Å²) < 4.78 is 16.6. The van der Waals surface area contributed by atoms with Crippen LogP contribution < -0.4 is 25.3 Å². The van der Waals surface area contributed by atoms with Gasteiger partial charge >= 0.3 is 5.69 Å². The van der Waals surface area contributed by atoms with E-state index in [1.165, 1.54) is 0 Å². The molecule has 9 nitrogen and oxygen atoms in total. The molecule has 0 radical (unpaired) electrons. The van der Waals surface area contributed by atoms with Crippen molar-refractivity contribution in [2.75, 3.05) is 26.3 Å². The number of rotatable bonds is 8. The Hall–Kier alpha value is -3.10. The zero-order valence-electron chi connectivity index (χ0n) is 17.1. The predicted molar refractivity (Wildman–Crippen MR) is 108 cm³/mol. The number of anilines is 1. The Labute approximate surface area is 164 Å². The van der Waals surface area contributed by atoms with E-state index < -0.39 is 5.69 Å². The first-order chi connectivity index (χ1) is 13.3. The number of aromatic amines is 1. The lowest BCUT2D eigenvalue weighted by Gasteiger charge is -2.18. The van der Waals surface area contributed by atoms with Crippen LogP contribution in [0.1, 0.15) is 45.4 Å². The third kappa shape index (κ3) is 5.21. The highest BCUT2D eigenvalue weighted by Gasteiger charge is 2.21. The van der Waals surface area contributed by atoms with Gasteiger partial charge in [-0.2, -0.15) is 15.2 Å². The SMILES string of the molecule is CCCOc1c(OC)cc(/C=N/Nc2nc(=O)[nH]nc2C(C)(C)C)cc1OC. The van der Waals surface area contributed by atoms with Gasteiger partial charge in [0.05, 0.1) is 27.0 Å². The number of nitrogens with one attached hydrogen (secondary N) is 2. The maximum atomic E-state index is 11.5. The van der Waals surface area contributed by atoms with Crippen molar-refractivity contribution in [3.05, 3.63) is 33.9 Å². The summed E-state index contributed by atoms with van der Waals surface area (Å²) in [6.07, 6.45) is 2.44. The van der Waals surface area contributed by atoms with Crippen LogP contribution >= 0.6 is 0 Å². The zero-order valence-corrected chi connectivity index (χ0v) is 17.1. The summed E-state index contributed by atoms with van der Waals surface area (Å²) in [7, 11) is 3.13. The Morgan fingerprint density at radius 2 is 1.86 bits per heavy atom. The minimum atomic E-state index is -0.550. The molecule has 1 aromatic carbocycles. The van der Waals surface area contributed by atoms with Gasteiger partial charge in [-0.3, -0.25) is 5.43 Å². The van der Waals surface area contributed by atoms with Gasteiger partial charge < -0.3 is 14.2 Å². The van der Waals surface area contributed by atoms with Crippen LogP contribution in [0, 0.1) is 0 Å². The highest BCUT2D eigenvalue weighted by atomic mass is 16.5. The molecule has 1 aromatic heterocycles. The van der Waals surface area contributed by atoms with E-state index in [9.17, 15) is 4.79 Å². The summed E-state index contributed by atoms with van der Waals surface area (Å²) >= 11 is 0. The lowest BCUT2D eigenvalue weighted by Crippen LogP contribution is -2.24. The van der Waals surface area contributed by atoms with Crippen molar-refractivity contribution in [2.24, 2.45) is 5.10 Å². The second kappa shape index (κ2) is 9.20. The number of aromatic nitrogens is 3. The van der Waals surface area contributed by atoms with Gasteiger partial charge in [-0.15, -0.1) is 0 Å². The first kappa shape index (κ1) is 21.2. The van der Waals surface area contributed by atoms with Crippen LogP contribution in [0.4, 0.5) is 5.82 Å². The van der Waals surface area contributed by atoms with Crippen LogP contribution in [-0.2, 0) is 5.41 Å². The summed E-state index contributed by atoms with van der Waals surface area (Å²) in [5.74, 6) is 1.93. The van der Waals surface area contributed by atoms with E-state index in [4.69, 9.17) is 14.2 Å². The van der Waals surface area contributed by atoms with Gasteiger partial charge in [-0.05, 0) is 18.6 Å². The largest absolute Gasteiger partial charge is 0.493 e. The molecule has 0 saturated heterocycles. The van der Waals surface area contributed by atoms with Crippen molar-refractivity contribution in [1.29, 1.82) is 0 Å². The molecule has 9 heteroatoms. The average Bonchev–Trinajstić information content (AvgIpc) is 2.65. The molecule has 0 aliphatic heterocycles. The van der Waals surface area contributed by atoms with E-state index in [0.717, 1.165) is 12.0 Å². The smallest absolute Gasteiger partial charge is 0.363 e. The molecule has 1 heterocycles. The molecule has 0 aliphatic rings. The van der Waals surface area contributed by atoms with Crippen LogP contribution in [0.3, 0.4) is 0 Å². The van der Waals surface area contributed by atoms with E-state index in [1.807, 2.05) is 27.7 Å². The van der Waals surface area contributed by atoms with E-state index in [2.05, 4.69) is 25.7 Å². The molecular formula is C19H27N5O4. The van der Waals surface area contributed by atoms with Gasteiger partial charge in [0.2, 0.25) is 5.75 Å². The quantitative estimate of drug-likeness (QED) is 0.527. The number of hydrogen-bond donors (Lipinski definition) is 2. The van der Waals surface area contributed by atoms with Gasteiger partial charge in [-0.1, -0.05) is 27.7 Å². The summed E-state index contributed by atoms with van der Waals surface area (Å²) in [6, 6.07) is 3.57. The number of hydrogen-bond acceptors (Lipinski definition) is 8. The number of hydrazone groups is 1. The molecule has 0 saturated carbocycles. The van der Waals surface area contributed by atoms with E-state index in [1.54, 1.807) is 32.6 Å². The maximum Gasteiger partial charge on any atom is 0.363 e. The molecule has 152 valence electrons. The third-order valence-corrected chi connectivity index (χ3v) is 3.73. The lowest BCUT2D eigenvalue weighted by atomic mass is 9.92. The fourth-order valence-corrected chi connectivity index (χ4v) is 2.43. The van der Waals surface area contributed by atoms with E-state index >= 15 is 0 Å². The molecule has 28 heavy (non-hydrogen) atoms. The molecule has 0 atom stereocenters. The minimum Gasteiger partial charge on any atom is -0.493 e. The Kier molecular flexibility index (Phi) is 6.97. The van der Waals surface area contributed by atoms with Crippen LogP contribution in [-0.4, -0.2) is 42.2 Å². The van der Waals surface area contributed by atoms with Crippen molar-refractivity contribution >= 4 is 12.0 Å². The molecule has 0 unspecified atom stereocenters. The van der Waals surface area contributed by atoms with Gasteiger partial charge in [-0.25, -0.2) is 9.89 Å². The van der Waals surface area contributed by atoms with Crippen LogP contribution in [0.15, 0.2) is 22.0 Å². The molecule has 2 rings (SSSR count). The molecule has 2 N–H and O–H groups in total. The van der Waals surface area contributed by atoms with Gasteiger partial charge in [0.25, 0.3) is 0 Å². The standard InChI is InChI=1S/C19H27N5O4/c1-7-8-28-15-13(26-5)9-12(10-14(15)27-6)11-20-23-17-16(19(2,3)4)22-24-18(25)21-17/h9-11H,7-8H2,1-6H3,(H2,21,23,24,25)/b20-11+. The first-order valence-electron chi connectivity index (χ1n) is 8.95. The highest BCUT2D eigenvalue weighted by Crippen LogP contribution is 2.38. The number of ether oxygens (including phenoxy) is 3. The summed E-state index contributed by atoms with van der Waals surface area (Å²) in [6.45, 7) is 8.48. The molecule has 0 aliphatic carbocycles. The Bertz CT molecular complexity index is 862. The molecule has 0 amide bonds. The van der Waals surface area contributed by atoms with Crippen LogP contribution in [0.2, 0.25) is 0 Å². The summed E-state index contributed by atoms with van der Waals surface area (Å²) in [5, 5.41) is 10.6. The fourth-order valence-electron chi connectivity index (χ4n) is 2.43. The fraction of sp³-hybridized carbons (Fsp3) is 0.474. The Morgan fingerprint density at radius 3 is 2.39 bits per heavy atom. The van der Waals surface area contributed by atoms with Crippen molar-refractivity contribution < 1.29 is 14.2 Å². The summed E-state index contributed by atoms with van der Waals surface area (Å²) in [5.41, 5.74) is 3.25. The van der Waals surface area contributed by atoms with Crippen molar-refractivity contribution in [3.63, 3.8) is 0 Å². The van der Waals surface area contributed by atoms with Gasteiger partial charge in [0, 0.05) is 11.0 Å². The van der Waals surface area contributed by atoms with Crippen LogP contribution in [0.25, 0.3) is 0 Å².